The van der Waals surface area contributed by atoms with Crippen LogP contribution < -0.4 is 0 Å². The SMILES string of the molecule is CCOC1COC2(CCN(C(=O)CN(C)C)CC2)C1. The van der Waals surface area contributed by atoms with E-state index in [1.807, 2.05) is 30.8 Å². The van der Waals surface area contributed by atoms with Gasteiger partial charge in [0.1, 0.15) is 0 Å². The molecular formula is C14H26N2O3. The molecule has 2 fully saturated rings. The van der Waals surface area contributed by atoms with Crippen molar-refractivity contribution in [2.24, 2.45) is 0 Å². The van der Waals surface area contributed by atoms with E-state index >= 15 is 0 Å². The van der Waals surface area contributed by atoms with Gasteiger partial charge in [0.2, 0.25) is 5.91 Å². The molecule has 2 heterocycles. The summed E-state index contributed by atoms with van der Waals surface area (Å²) in [5.41, 5.74) is -0.0330. The van der Waals surface area contributed by atoms with Crippen molar-refractivity contribution in [3.05, 3.63) is 0 Å². The summed E-state index contributed by atoms with van der Waals surface area (Å²) in [5, 5.41) is 0. The summed E-state index contributed by atoms with van der Waals surface area (Å²) in [7, 11) is 3.85. The number of hydrogen-bond donors (Lipinski definition) is 0. The number of piperidine rings is 1. The fraction of sp³-hybridized carbons (Fsp3) is 0.929. The molecule has 0 aromatic heterocycles. The molecule has 0 saturated carbocycles. The van der Waals surface area contributed by atoms with E-state index in [0.717, 1.165) is 39.0 Å². The molecule has 0 bridgehead atoms. The average Bonchev–Trinajstić information content (AvgIpc) is 2.73. The Labute approximate surface area is 115 Å². The number of hydrogen-bond acceptors (Lipinski definition) is 4. The third kappa shape index (κ3) is 3.68. The maximum Gasteiger partial charge on any atom is 0.236 e. The van der Waals surface area contributed by atoms with Gasteiger partial charge in [0.15, 0.2) is 0 Å². The molecule has 1 amide bonds. The molecule has 2 saturated heterocycles. The van der Waals surface area contributed by atoms with Crippen LogP contribution in [0, 0.1) is 0 Å². The fourth-order valence-electron chi connectivity index (χ4n) is 3.03. The van der Waals surface area contributed by atoms with E-state index in [-0.39, 0.29) is 17.6 Å². The van der Waals surface area contributed by atoms with Gasteiger partial charge in [-0.05, 0) is 33.9 Å². The summed E-state index contributed by atoms with van der Waals surface area (Å²) in [6.45, 7) is 5.59. The molecule has 5 nitrogen and oxygen atoms in total. The number of ether oxygens (including phenoxy) is 2. The summed E-state index contributed by atoms with van der Waals surface area (Å²) in [5.74, 6) is 0.221. The highest BCUT2D eigenvalue weighted by molar-refractivity contribution is 5.78. The molecule has 2 aliphatic heterocycles. The summed E-state index contributed by atoms with van der Waals surface area (Å²) in [6, 6.07) is 0. The standard InChI is InChI=1S/C14H26N2O3/c1-4-18-12-9-14(19-11-12)5-7-16(8-6-14)13(17)10-15(2)3/h12H,4-11H2,1-3H3. The van der Waals surface area contributed by atoms with Crippen LogP contribution in [0.15, 0.2) is 0 Å². The molecule has 5 heteroatoms. The molecule has 0 radical (unpaired) electrons. The topological polar surface area (TPSA) is 42.0 Å². The second-order valence-corrected chi connectivity index (χ2v) is 5.89. The molecule has 0 N–H and O–H groups in total. The van der Waals surface area contributed by atoms with Crippen molar-refractivity contribution in [2.75, 3.05) is 46.9 Å². The maximum atomic E-state index is 12.0. The van der Waals surface area contributed by atoms with Crippen molar-refractivity contribution in [1.82, 2.24) is 9.80 Å². The lowest BCUT2D eigenvalue weighted by atomic mass is 9.88. The molecule has 0 aliphatic carbocycles. The van der Waals surface area contributed by atoms with Crippen molar-refractivity contribution >= 4 is 5.91 Å². The first kappa shape index (κ1) is 14.8. The zero-order valence-electron chi connectivity index (χ0n) is 12.4. The fourth-order valence-corrected chi connectivity index (χ4v) is 3.03. The number of likely N-dealkylation sites (tertiary alicyclic amines) is 1. The van der Waals surface area contributed by atoms with Gasteiger partial charge in [-0.15, -0.1) is 0 Å². The highest BCUT2D eigenvalue weighted by Gasteiger charge is 2.43. The van der Waals surface area contributed by atoms with Crippen molar-refractivity contribution in [3.63, 3.8) is 0 Å². The van der Waals surface area contributed by atoms with Gasteiger partial charge in [-0.2, -0.15) is 0 Å². The molecular weight excluding hydrogens is 244 g/mol. The van der Waals surface area contributed by atoms with Crippen LogP contribution in [0.2, 0.25) is 0 Å². The highest BCUT2D eigenvalue weighted by atomic mass is 16.6. The Morgan fingerprint density at radius 3 is 2.68 bits per heavy atom. The molecule has 1 spiro atoms. The van der Waals surface area contributed by atoms with Gasteiger partial charge in [0, 0.05) is 26.1 Å². The Kier molecular flexibility index (Phi) is 4.81. The van der Waals surface area contributed by atoms with E-state index in [4.69, 9.17) is 9.47 Å². The number of carbonyl (C=O) groups is 1. The summed E-state index contributed by atoms with van der Waals surface area (Å²) in [4.78, 5) is 15.9. The van der Waals surface area contributed by atoms with Crippen molar-refractivity contribution in [3.8, 4) is 0 Å². The van der Waals surface area contributed by atoms with E-state index in [1.165, 1.54) is 0 Å². The first-order chi connectivity index (χ1) is 9.04. The minimum atomic E-state index is -0.0330. The Hall–Kier alpha value is -0.650. The van der Waals surface area contributed by atoms with Crippen LogP contribution >= 0.6 is 0 Å². The first-order valence-electron chi connectivity index (χ1n) is 7.23. The molecule has 0 aromatic carbocycles. The monoisotopic (exact) mass is 270 g/mol. The van der Waals surface area contributed by atoms with Gasteiger partial charge in [-0.25, -0.2) is 0 Å². The Morgan fingerprint density at radius 1 is 1.42 bits per heavy atom. The van der Waals surface area contributed by atoms with E-state index < -0.39 is 0 Å². The van der Waals surface area contributed by atoms with Gasteiger partial charge >= 0.3 is 0 Å². The van der Waals surface area contributed by atoms with Gasteiger partial charge in [0.25, 0.3) is 0 Å². The highest BCUT2D eigenvalue weighted by Crippen LogP contribution is 2.36. The van der Waals surface area contributed by atoms with Crippen LogP contribution in [-0.4, -0.2) is 74.4 Å². The van der Waals surface area contributed by atoms with Crippen molar-refractivity contribution < 1.29 is 14.3 Å². The van der Waals surface area contributed by atoms with Crippen molar-refractivity contribution in [1.29, 1.82) is 0 Å². The summed E-state index contributed by atoms with van der Waals surface area (Å²) in [6.07, 6.45) is 3.11. The lowest BCUT2D eigenvalue weighted by Crippen LogP contribution is -2.48. The van der Waals surface area contributed by atoms with E-state index in [9.17, 15) is 4.79 Å². The van der Waals surface area contributed by atoms with E-state index in [2.05, 4.69) is 0 Å². The number of carbonyl (C=O) groups excluding carboxylic acids is 1. The smallest absolute Gasteiger partial charge is 0.236 e. The van der Waals surface area contributed by atoms with E-state index in [0.29, 0.717) is 13.2 Å². The third-order valence-electron chi connectivity index (χ3n) is 4.06. The van der Waals surface area contributed by atoms with Gasteiger partial charge < -0.3 is 19.3 Å². The van der Waals surface area contributed by atoms with Crippen LogP contribution in [0.5, 0.6) is 0 Å². The van der Waals surface area contributed by atoms with Gasteiger partial charge in [-0.1, -0.05) is 0 Å². The summed E-state index contributed by atoms with van der Waals surface area (Å²) < 4.78 is 11.6. The minimum absolute atomic E-state index is 0.0330. The average molecular weight is 270 g/mol. The predicted octanol–water partition coefficient (Wildman–Crippen LogP) is 0.735. The molecule has 110 valence electrons. The zero-order valence-corrected chi connectivity index (χ0v) is 12.4. The normalized spacial score (nSPS) is 26.3. The third-order valence-corrected chi connectivity index (χ3v) is 4.06. The molecule has 2 aliphatic rings. The first-order valence-corrected chi connectivity index (χ1v) is 7.23. The van der Waals surface area contributed by atoms with Crippen LogP contribution in [-0.2, 0) is 14.3 Å². The van der Waals surface area contributed by atoms with Gasteiger partial charge in [0.05, 0.1) is 24.9 Å². The molecule has 1 atom stereocenters. The van der Waals surface area contributed by atoms with Crippen LogP contribution in [0.4, 0.5) is 0 Å². The van der Waals surface area contributed by atoms with Crippen LogP contribution in [0.1, 0.15) is 26.2 Å². The Bertz CT molecular complexity index is 312. The van der Waals surface area contributed by atoms with E-state index in [1.54, 1.807) is 0 Å². The Balaban J connectivity index is 1.81. The predicted molar refractivity (Wildman–Crippen MR) is 73.1 cm³/mol. The quantitative estimate of drug-likeness (QED) is 0.755. The zero-order chi connectivity index (χ0) is 13.9. The number of rotatable bonds is 4. The van der Waals surface area contributed by atoms with Crippen molar-refractivity contribution in [2.45, 2.75) is 37.9 Å². The lowest BCUT2D eigenvalue weighted by molar-refractivity contribution is -0.136. The van der Waals surface area contributed by atoms with Crippen LogP contribution in [0.3, 0.4) is 0 Å². The molecule has 1 unspecified atom stereocenters. The second kappa shape index (κ2) is 6.20. The molecule has 19 heavy (non-hydrogen) atoms. The second-order valence-electron chi connectivity index (χ2n) is 5.89. The molecule has 2 rings (SSSR count). The number of amides is 1. The summed E-state index contributed by atoms with van der Waals surface area (Å²) >= 11 is 0. The Morgan fingerprint density at radius 2 is 2.11 bits per heavy atom. The largest absolute Gasteiger partial charge is 0.376 e. The van der Waals surface area contributed by atoms with Gasteiger partial charge in [-0.3, -0.25) is 4.79 Å². The number of likely N-dealkylation sites (N-methyl/N-ethyl adjacent to an activating group) is 1. The molecule has 0 aromatic rings. The number of nitrogens with zero attached hydrogens (tertiary/aromatic N) is 2. The maximum absolute atomic E-state index is 12.0. The van der Waals surface area contributed by atoms with Crippen LogP contribution in [0.25, 0.3) is 0 Å². The minimum Gasteiger partial charge on any atom is -0.376 e. The lowest BCUT2D eigenvalue weighted by Gasteiger charge is -2.39.